The number of hydrogen-bond acceptors (Lipinski definition) is 10. The average Bonchev–Trinajstić information content (AvgIpc) is 3.19. The third-order valence-electron chi connectivity index (χ3n) is 8.19. The van der Waals surface area contributed by atoms with Gasteiger partial charge in [0.25, 0.3) is 0 Å². The molecule has 0 heterocycles. The first-order valence-corrected chi connectivity index (χ1v) is 18.7. The maximum Gasteiger partial charge on any atom is 0.333 e. The third-order valence-corrected chi connectivity index (χ3v) is 8.19. The van der Waals surface area contributed by atoms with Crippen molar-refractivity contribution in [3.05, 3.63) is 108 Å². The van der Waals surface area contributed by atoms with Crippen molar-refractivity contribution in [2.24, 2.45) is 16.2 Å². The fourth-order valence-electron chi connectivity index (χ4n) is 2.66. The van der Waals surface area contributed by atoms with Gasteiger partial charge in [0.15, 0.2) is 0 Å². The molecule has 0 unspecified atom stereocenters. The molecule has 2 rings (SSSR count). The van der Waals surface area contributed by atoms with Crippen LogP contribution in [0.15, 0.2) is 97.1 Å². The number of aliphatic carboxylic acids is 2. The zero-order chi connectivity index (χ0) is 46.3. The Labute approximate surface area is 357 Å². The van der Waals surface area contributed by atoms with E-state index in [0.29, 0.717) is 30.8 Å². The van der Waals surface area contributed by atoms with Crippen molar-refractivity contribution >= 4 is 45.7 Å². The van der Waals surface area contributed by atoms with Crippen molar-refractivity contribution in [1.82, 2.24) is 0 Å². The fraction of sp³-hybridized carbons (Fsp3) is 0.478. The summed E-state index contributed by atoms with van der Waals surface area (Å²) in [5.74, 6) is -2.61. The lowest BCUT2D eigenvalue weighted by molar-refractivity contribution is -0.155. The summed E-state index contributed by atoms with van der Waals surface area (Å²) in [5.41, 5.74) is 1.81. The van der Waals surface area contributed by atoms with E-state index in [1.54, 1.807) is 27.7 Å². The van der Waals surface area contributed by atoms with Crippen LogP contribution in [-0.4, -0.2) is 60.2 Å². The van der Waals surface area contributed by atoms with Crippen LogP contribution in [-0.2, 0) is 60.9 Å². The zero-order valence-electron chi connectivity index (χ0n) is 38.0. The maximum atomic E-state index is 11.6. The molecule has 0 spiro atoms. The molecule has 0 saturated heterocycles. The second-order valence-corrected chi connectivity index (χ2v) is 14.8. The third kappa shape index (κ3) is 33.6. The van der Waals surface area contributed by atoms with Crippen LogP contribution < -0.4 is 0 Å². The van der Waals surface area contributed by atoms with Crippen LogP contribution in [0.4, 0.5) is 0 Å². The predicted molar refractivity (Wildman–Crippen MR) is 238 cm³/mol. The van der Waals surface area contributed by atoms with Gasteiger partial charge in [-0.2, -0.15) is 0 Å². The van der Waals surface area contributed by atoms with Gasteiger partial charge in [-0.1, -0.05) is 101 Å². The van der Waals surface area contributed by atoms with Gasteiger partial charge in [-0.25, -0.2) is 14.4 Å². The standard InChI is InChI=1S/C13H18O2.C11H12O2.C7H14O2.C6H12O2.C5H8O2.C4H6O2.H2P/c1-4-13(2,3)12(14)15-10-11-8-6-5-7-9-11;1-9(2)11(12)13-8-10-6-4-3-5-7-10;1-5-7(2,3)6(8)9-4;1-4-6(2,3)5(7)8;1-4(2)5(6)7-3;1-3(2)4(5)6;/h5-9H,4,10H2,1-3H3;3-7H,1,8H2,2H3;5H2,1-4H3;4H2,1-3H3,(H,7,8);1H2,2-3H3;1H2,2H3,(H,5,6);1H2/q;;;;;;-1. The normalized spacial score (nSPS) is 9.80. The fourth-order valence-corrected chi connectivity index (χ4v) is 2.66. The molecule has 0 aromatic heterocycles. The first-order chi connectivity index (χ1) is 26.6. The molecule has 13 heteroatoms. The molecule has 334 valence electrons. The Bertz CT molecular complexity index is 1570. The molecular weight excluding hydrogens is 775 g/mol. The summed E-state index contributed by atoms with van der Waals surface area (Å²) in [6.07, 6.45) is 2.29. The molecule has 0 aliphatic carbocycles. The molecule has 2 aromatic carbocycles. The molecular formula is C46H72O12P-. The lowest BCUT2D eigenvalue weighted by Gasteiger charge is -2.20. The van der Waals surface area contributed by atoms with E-state index in [4.69, 9.17) is 19.7 Å². The van der Waals surface area contributed by atoms with Gasteiger partial charge in [0.05, 0.1) is 30.5 Å². The van der Waals surface area contributed by atoms with Crippen molar-refractivity contribution in [2.45, 2.75) is 116 Å². The Morgan fingerprint density at radius 1 is 0.525 bits per heavy atom. The van der Waals surface area contributed by atoms with E-state index in [0.717, 1.165) is 24.0 Å². The molecule has 0 aliphatic heterocycles. The number of rotatable bonds is 13. The molecule has 2 aromatic rings. The Morgan fingerprint density at radius 3 is 1.05 bits per heavy atom. The summed E-state index contributed by atoms with van der Waals surface area (Å²) >= 11 is 0. The van der Waals surface area contributed by atoms with Gasteiger partial charge in [0.1, 0.15) is 13.2 Å². The topological polar surface area (TPSA) is 180 Å². The van der Waals surface area contributed by atoms with E-state index in [1.807, 2.05) is 109 Å². The summed E-state index contributed by atoms with van der Waals surface area (Å²) in [7, 11) is 2.75. The van der Waals surface area contributed by atoms with Crippen LogP contribution in [0.2, 0.25) is 0 Å². The van der Waals surface area contributed by atoms with Crippen LogP contribution in [0.25, 0.3) is 0 Å². The maximum absolute atomic E-state index is 11.6. The number of methoxy groups -OCH3 is 2. The molecule has 59 heavy (non-hydrogen) atoms. The van der Waals surface area contributed by atoms with E-state index in [1.165, 1.54) is 21.1 Å². The minimum atomic E-state index is -0.935. The molecule has 0 amide bonds. The molecule has 0 radical (unpaired) electrons. The van der Waals surface area contributed by atoms with Crippen LogP contribution >= 0.6 is 9.90 Å². The summed E-state index contributed by atoms with van der Waals surface area (Å²) in [6.45, 7) is 32.2. The van der Waals surface area contributed by atoms with Gasteiger partial charge in [-0.15, -0.1) is 0 Å². The molecule has 2 N–H and O–H groups in total. The number of carboxylic acid groups (broad SMARTS) is 2. The number of carbonyl (C=O) groups is 6. The summed E-state index contributed by atoms with van der Waals surface area (Å²) < 4.78 is 19.0. The first kappa shape index (κ1) is 63.1. The number of benzene rings is 2. The Kier molecular flexibility index (Phi) is 36.2. The minimum Gasteiger partial charge on any atom is -0.577 e. The quantitative estimate of drug-likeness (QED) is 0.0844. The molecule has 12 nitrogen and oxygen atoms in total. The van der Waals surface area contributed by atoms with Gasteiger partial charge >= 0.3 is 35.8 Å². The number of carbonyl (C=O) groups excluding carboxylic acids is 4. The molecule has 0 fully saturated rings. The zero-order valence-corrected chi connectivity index (χ0v) is 39.1. The van der Waals surface area contributed by atoms with Crippen molar-refractivity contribution in [1.29, 1.82) is 0 Å². The van der Waals surface area contributed by atoms with E-state index in [-0.39, 0.29) is 50.2 Å². The molecule has 0 aliphatic rings. The summed E-state index contributed by atoms with van der Waals surface area (Å²) in [5, 5.41) is 16.3. The molecule has 0 bridgehead atoms. The van der Waals surface area contributed by atoms with Gasteiger partial charge < -0.3 is 39.1 Å². The van der Waals surface area contributed by atoms with Crippen molar-refractivity contribution in [3.63, 3.8) is 0 Å². The van der Waals surface area contributed by atoms with Gasteiger partial charge in [-0.3, -0.25) is 14.4 Å². The van der Waals surface area contributed by atoms with Crippen molar-refractivity contribution in [2.75, 3.05) is 14.2 Å². The second kappa shape index (κ2) is 33.8. The highest BCUT2D eigenvalue weighted by molar-refractivity contribution is 6.92. The second-order valence-electron chi connectivity index (χ2n) is 14.8. The smallest absolute Gasteiger partial charge is 0.333 e. The Morgan fingerprint density at radius 2 is 0.847 bits per heavy atom. The highest BCUT2D eigenvalue weighted by Crippen LogP contribution is 2.22. The first-order valence-electron chi connectivity index (χ1n) is 18.7. The van der Waals surface area contributed by atoms with Crippen molar-refractivity contribution in [3.8, 4) is 0 Å². The lowest BCUT2D eigenvalue weighted by atomic mass is 9.91. The number of hydrogen-bond donors (Lipinski definition) is 2. The Balaban J connectivity index is -0.000000203. The van der Waals surface area contributed by atoms with Gasteiger partial charge in [0, 0.05) is 16.7 Å². The molecule has 0 atom stereocenters. The van der Waals surface area contributed by atoms with Crippen molar-refractivity contribution < 1.29 is 57.9 Å². The van der Waals surface area contributed by atoms with E-state index in [2.05, 4.69) is 29.2 Å². The monoisotopic (exact) mass is 847 g/mol. The van der Waals surface area contributed by atoms with Crippen LogP contribution in [0.1, 0.15) is 113 Å². The van der Waals surface area contributed by atoms with Crippen LogP contribution in [0.3, 0.4) is 0 Å². The summed E-state index contributed by atoms with van der Waals surface area (Å²) in [6, 6.07) is 19.3. The van der Waals surface area contributed by atoms with Gasteiger partial charge in [0.2, 0.25) is 0 Å². The highest BCUT2D eigenvalue weighted by atomic mass is 31.0. The largest absolute Gasteiger partial charge is 0.577 e. The van der Waals surface area contributed by atoms with Crippen LogP contribution in [0.5, 0.6) is 0 Å². The SMILES string of the molecule is C=C(C)C(=O)O.C=C(C)C(=O)OC.C=C(C)C(=O)OCc1ccccc1.CCC(C)(C)C(=O)O.CCC(C)(C)C(=O)OC.CCC(C)(C)C(=O)OCc1ccccc1.[PH2-]. The Hall–Kier alpha value is -5.09. The highest BCUT2D eigenvalue weighted by Gasteiger charge is 2.27. The number of carboxylic acids is 2. The summed E-state index contributed by atoms with van der Waals surface area (Å²) in [4.78, 5) is 63.5. The van der Waals surface area contributed by atoms with Crippen LogP contribution in [0, 0.1) is 16.2 Å². The van der Waals surface area contributed by atoms with Gasteiger partial charge in [-0.05, 0) is 92.7 Å². The van der Waals surface area contributed by atoms with E-state index >= 15 is 0 Å². The average molecular weight is 848 g/mol. The molecule has 0 saturated carbocycles. The minimum absolute atomic E-state index is 0. The number of ether oxygens (including phenoxy) is 4. The predicted octanol–water partition coefficient (Wildman–Crippen LogP) is 10.3. The number of esters is 4. The van der Waals surface area contributed by atoms with E-state index < -0.39 is 17.4 Å². The van der Waals surface area contributed by atoms with E-state index in [9.17, 15) is 28.8 Å². The lowest BCUT2D eigenvalue weighted by Crippen LogP contribution is -2.25.